The molecule has 2 rings (SSSR count). The summed E-state index contributed by atoms with van der Waals surface area (Å²) in [6.07, 6.45) is 2.70. The highest BCUT2D eigenvalue weighted by Gasteiger charge is 2.18. The second kappa shape index (κ2) is 5.42. The van der Waals surface area contributed by atoms with Gasteiger partial charge in [-0.15, -0.1) is 0 Å². The summed E-state index contributed by atoms with van der Waals surface area (Å²) < 4.78 is 7.91. The normalized spacial score (nSPS) is 19.6. The largest absolute Gasteiger partial charge is 0.481 e. The number of carbonyl (C=O) groups is 1. The fraction of sp³-hybridized carbons (Fsp3) is 0.700. The quantitative estimate of drug-likeness (QED) is 0.773. The van der Waals surface area contributed by atoms with Crippen molar-refractivity contribution in [3.63, 3.8) is 0 Å². The van der Waals surface area contributed by atoms with Crippen LogP contribution >= 0.6 is 12.2 Å². The summed E-state index contributed by atoms with van der Waals surface area (Å²) in [5.41, 5.74) is 0. The van der Waals surface area contributed by atoms with Crippen molar-refractivity contribution in [2.75, 3.05) is 6.61 Å². The first-order chi connectivity index (χ1) is 8.16. The molecule has 0 amide bonds. The second-order valence-corrected chi connectivity index (χ2v) is 4.47. The van der Waals surface area contributed by atoms with Gasteiger partial charge in [-0.2, -0.15) is 5.10 Å². The third kappa shape index (κ3) is 3.13. The monoisotopic (exact) mass is 257 g/mol. The van der Waals surface area contributed by atoms with Crippen LogP contribution < -0.4 is 0 Å². The number of carboxylic acid groups (broad SMARTS) is 1. The molecule has 17 heavy (non-hydrogen) atoms. The topological polar surface area (TPSA) is 80.1 Å². The number of aliphatic carboxylic acids is 1. The van der Waals surface area contributed by atoms with Crippen molar-refractivity contribution in [3.05, 3.63) is 10.6 Å². The minimum atomic E-state index is -0.831. The fourth-order valence-corrected chi connectivity index (χ4v) is 2.17. The van der Waals surface area contributed by atoms with Gasteiger partial charge in [0.1, 0.15) is 5.82 Å². The van der Waals surface area contributed by atoms with E-state index in [0.717, 1.165) is 19.4 Å². The van der Waals surface area contributed by atoms with E-state index < -0.39 is 5.97 Å². The molecular weight excluding hydrogens is 242 g/mol. The van der Waals surface area contributed by atoms with Crippen LogP contribution in [0.3, 0.4) is 0 Å². The Hall–Kier alpha value is -1.21. The van der Waals surface area contributed by atoms with Crippen molar-refractivity contribution in [2.45, 2.75) is 38.3 Å². The molecular formula is C10H15N3O3S. The molecule has 0 aromatic carbocycles. The summed E-state index contributed by atoms with van der Waals surface area (Å²) in [6, 6.07) is 0. The lowest BCUT2D eigenvalue weighted by molar-refractivity contribution is -0.137. The van der Waals surface area contributed by atoms with Gasteiger partial charge in [0.15, 0.2) is 4.77 Å². The first kappa shape index (κ1) is 12.3. The third-order valence-electron chi connectivity index (χ3n) is 2.81. The van der Waals surface area contributed by atoms with Crippen LogP contribution in [0.1, 0.15) is 25.1 Å². The van der Waals surface area contributed by atoms with Crippen LogP contribution in [0.5, 0.6) is 0 Å². The zero-order chi connectivity index (χ0) is 12.3. The Bertz CT molecular complexity index is 448. The fourth-order valence-electron chi connectivity index (χ4n) is 1.94. The van der Waals surface area contributed by atoms with Gasteiger partial charge < -0.3 is 14.4 Å². The highest BCUT2D eigenvalue weighted by Crippen LogP contribution is 2.15. The molecule has 1 atom stereocenters. The summed E-state index contributed by atoms with van der Waals surface area (Å²) in [7, 11) is 0. The lowest BCUT2D eigenvalue weighted by Crippen LogP contribution is -2.17. The van der Waals surface area contributed by atoms with Gasteiger partial charge in [0.2, 0.25) is 0 Å². The van der Waals surface area contributed by atoms with Gasteiger partial charge >= 0.3 is 5.97 Å². The number of aryl methyl sites for hydroxylation is 1. The Labute approximate surface area is 104 Å². The van der Waals surface area contributed by atoms with Crippen molar-refractivity contribution < 1.29 is 14.6 Å². The van der Waals surface area contributed by atoms with E-state index in [0.29, 0.717) is 23.6 Å². The first-order valence-electron chi connectivity index (χ1n) is 5.64. The highest BCUT2D eigenvalue weighted by atomic mass is 32.1. The van der Waals surface area contributed by atoms with Crippen molar-refractivity contribution in [1.82, 2.24) is 14.8 Å². The van der Waals surface area contributed by atoms with Crippen molar-refractivity contribution in [3.8, 4) is 0 Å². The number of aromatic nitrogens is 3. The van der Waals surface area contributed by atoms with E-state index in [1.807, 2.05) is 4.57 Å². The van der Waals surface area contributed by atoms with Gasteiger partial charge in [0, 0.05) is 13.0 Å². The third-order valence-corrected chi connectivity index (χ3v) is 3.12. The molecule has 2 N–H and O–H groups in total. The van der Waals surface area contributed by atoms with Crippen LogP contribution in [0, 0.1) is 4.77 Å². The lowest BCUT2D eigenvalue weighted by Gasteiger charge is -2.11. The molecule has 0 bridgehead atoms. The number of H-pyrrole nitrogens is 1. The standard InChI is InChI=1S/C10H15N3O3S/c14-9(15)4-3-8-11-12-10(17)13(8)6-7-2-1-5-16-7/h7H,1-6H2,(H,12,17)(H,14,15). The van der Waals surface area contributed by atoms with Crippen molar-refractivity contribution in [2.24, 2.45) is 0 Å². The molecule has 1 saturated heterocycles. The Kier molecular flexibility index (Phi) is 3.90. The van der Waals surface area contributed by atoms with Crippen LogP contribution in [0.15, 0.2) is 0 Å². The Morgan fingerprint density at radius 3 is 3.18 bits per heavy atom. The molecule has 1 unspecified atom stereocenters. The molecule has 1 aliphatic heterocycles. The maximum atomic E-state index is 10.5. The van der Waals surface area contributed by atoms with E-state index in [1.54, 1.807) is 0 Å². The summed E-state index contributed by atoms with van der Waals surface area (Å²) in [6.45, 7) is 1.45. The molecule has 1 fully saturated rings. The van der Waals surface area contributed by atoms with E-state index in [-0.39, 0.29) is 12.5 Å². The van der Waals surface area contributed by atoms with E-state index >= 15 is 0 Å². The van der Waals surface area contributed by atoms with E-state index in [1.165, 1.54) is 0 Å². The number of hydrogen-bond acceptors (Lipinski definition) is 4. The smallest absolute Gasteiger partial charge is 0.303 e. The van der Waals surface area contributed by atoms with Crippen molar-refractivity contribution >= 4 is 18.2 Å². The Morgan fingerprint density at radius 2 is 2.53 bits per heavy atom. The molecule has 0 radical (unpaired) electrons. The zero-order valence-electron chi connectivity index (χ0n) is 9.39. The van der Waals surface area contributed by atoms with Crippen LogP contribution in [0.25, 0.3) is 0 Å². The van der Waals surface area contributed by atoms with E-state index in [4.69, 9.17) is 22.1 Å². The minimum Gasteiger partial charge on any atom is -0.481 e. The van der Waals surface area contributed by atoms with E-state index in [9.17, 15) is 4.79 Å². The minimum absolute atomic E-state index is 0.0607. The summed E-state index contributed by atoms with van der Waals surface area (Å²) >= 11 is 5.13. The average Bonchev–Trinajstić information content (AvgIpc) is 2.89. The number of carboxylic acids is 1. The van der Waals surface area contributed by atoms with Gasteiger partial charge in [-0.25, -0.2) is 0 Å². The van der Waals surface area contributed by atoms with Crippen LogP contribution in [-0.4, -0.2) is 38.6 Å². The number of aromatic amines is 1. The van der Waals surface area contributed by atoms with Gasteiger partial charge in [0.05, 0.1) is 19.1 Å². The molecule has 6 nitrogen and oxygen atoms in total. The van der Waals surface area contributed by atoms with Gasteiger partial charge in [-0.05, 0) is 25.1 Å². The second-order valence-electron chi connectivity index (χ2n) is 4.08. The molecule has 0 saturated carbocycles. The summed E-state index contributed by atoms with van der Waals surface area (Å²) in [4.78, 5) is 10.5. The average molecular weight is 257 g/mol. The molecule has 1 aromatic heterocycles. The molecule has 1 aliphatic rings. The first-order valence-corrected chi connectivity index (χ1v) is 6.05. The predicted molar refractivity (Wildman–Crippen MR) is 62.3 cm³/mol. The maximum Gasteiger partial charge on any atom is 0.303 e. The van der Waals surface area contributed by atoms with Gasteiger partial charge in [-0.3, -0.25) is 9.89 Å². The molecule has 94 valence electrons. The molecule has 0 spiro atoms. The van der Waals surface area contributed by atoms with Crippen molar-refractivity contribution in [1.29, 1.82) is 0 Å². The number of nitrogens with one attached hydrogen (secondary N) is 1. The lowest BCUT2D eigenvalue weighted by atomic mass is 10.2. The molecule has 0 aliphatic carbocycles. The molecule has 2 heterocycles. The van der Waals surface area contributed by atoms with Gasteiger partial charge in [-0.1, -0.05) is 0 Å². The SMILES string of the molecule is O=C(O)CCc1n[nH]c(=S)n1CC1CCCO1. The number of hydrogen-bond donors (Lipinski definition) is 2. The van der Waals surface area contributed by atoms with Gasteiger partial charge in [0.25, 0.3) is 0 Å². The Morgan fingerprint density at radius 1 is 1.71 bits per heavy atom. The zero-order valence-corrected chi connectivity index (χ0v) is 10.2. The number of nitrogens with zero attached hydrogens (tertiary/aromatic N) is 2. The maximum absolute atomic E-state index is 10.5. The molecule has 1 aromatic rings. The highest BCUT2D eigenvalue weighted by molar-refractivity contribution is 7.71. The predicted octanol–water partition coefficient (Wildman–Crippen LogP) is 1.14. The van der Waals surface area contributed by atoms with Crippen LogP contribution in [-0.2, 0) is 22.5 Å². The summed E-state index contributed by atoms with van der Waals surface area (Å²) in [5.74, 6) is -0.143. The number of rotatable bonds is 5. The Balaban J connectivity index is 2.05. The van der Waals surface area contributed by atoms with Crippen LogP contribution in [0.4, 0.5) is 0 Å². The molecule has 7 heteroatoms. The number of ether oxygens (including phenoxy) is 1. The van der Waals surface area contributed by atoms with E-state index in [2.05, 4.69) is 10.2 Å². The van der Waals surface area contributed by atoms with Crippen LogP contribution in [0.2, 0.25) is 0 Å². The summed E-state index contributed by atoms with van der Waals surface area (Å²) in [5, 5.41) is 15.4.